The molecule has 0 aromatic heterocycles. The van der Waals surface area contributed by atoms with Crippen LogP contribution in [0.15, 0.2) is 24.3 Å². The second kappa shape index (κ2) is 8.07. The molecule has 2 aliphatic carbocycles. The lowest BCUT2D eigenvalue weighted by Gasteiger charge is -2.28. The van der Waals surface area contributed by atoms with Crippen LogP contribution in [-0.4, -0.2) is 59.6 Å². The first-order chi connectivity index (χ1) is 14.3. The first kappa shape index (κ1) is 20.9. The van der Waals surface area contributed by atoms with Crippen LogP contribution in [0.3, 0.4) is 0 Å². The number of imide groups is 1. The average Bonchev–Trinajstić information content (AvgIpc) is 3.33. The number of anilines is 1. The Balaban J connectivity index is 1.32. The summed E-state index contributed by atoms with van der Waals surface area (Å²) in [6.07, 6.45) is 0.649. The number of carbonyl (C=O) groups excluding carboxylic acids is 4. The van der Waals surface area contributed by atoms with Crippen LogP contribution in [0, 0.1) is 23.7 Å². The summed E-state index contributed by atoms with van der Waals surface area (Å²) in [7, 11) is 1.47. The number of halogens is 2. The maximum absolute atomic E-state index is 12.7. The van der Waals surface area contributed by atoms with E-state index >= 15 is 0 Å². The molecule has 3 aliphatic rings. The number of rotatable bonds is 6. The fourth-order valence-corrected chi connectivity index (χ4v) is 5.71. The number of esters is 1. The third-order valence-corrected chi connectivity index (χ3v) is 7.43. The van der Waals surface area contributed by atoms with Crippen molar-refractivity contribution >= 4 is 52.6 Å². The van der Waals surface area contributed by atoms with Crippen molar-refractivity contribution in [1.29, 1.82) is 0 Å². The molecule has 6 atom stereocenters. The molecule has 0 unspecified atom stereocenters. The molecule has 3 amide bonds. The van der Waals surface area contributed by atoms with E-state index in [-0.39, 0.29) is 22.6 Å². The largest absolute Gasteiger partial charge is 0.495 e. The lowest BCUT2D eigenvalue weighted by atomic mass is 9.80. The van der Waals surface area contributed by atoms with Crippen LogP contribution in [0.1, 0.15) is 6.42 Å². The molecule has 0 spiro atoms. The number of benzene rings is 1. The maximum Gasteiger partial charge on any atom is 0.326 e. The number of nitrogens with zero attached hydrogens (tertiary/aromatic N) is 1. The normalized spacial score (nSPS) is 31.6. The van der Waals surface area contributed by atoms with E-state index in [9.17, 15) is 19.2 Å². The van der Waals surface area contributed by atoms with E-state index in [0.29, 0.717) is 17.9 Å². The molecule has 30 heavy (non-hydrogen) atoms. The Morgan fingerprint density at radius 1 is 1.10 bits per heavy atom. The third kappa shape index (κ3) is 3.41. The predicted octanol–water partition coefficient (Wildman–Crippen LogP) is 1.64. The van der Waals surface area contributed by atoms with Crippen LogP contribution in [0.2, 0.25) is 0 Å². The Labute approximate surface area is 182 Å². The number of carbonyl (C=O) groups is 4. The quantitative estimate of drug-likeness (QED) is 0.398. The van der Waals surface area contributed by atoms with Crippen molar-refractivity contribution in [1.82, 2.24) is 4.90 Å². The summed E-state index contributed by atoms with van der Waals surface area (Å²) in [5.41, 5.74) is 0.431. The second-order valence-corrected chi connectivity index (χ2v) is 8.68. The molecule has 4 rings (SSSR count). The molecular formula is C20H20Cl2N2O6. The number of nitrogens with one attached hydrogen (secondary N) is 1. The average molecular weight is 455 g/mol. The zero-order valence-corrected chi connectivity index (χ0v) is 17.6. The summed E-state index contributed by atoms with van der Waals surface area (Å²) >= 11 is 12.6. The number of amides is 3. The van der Waals surface area contributed by atoms with Crippen LogP contribution < -0.4 is 10.1 Å². The van der Waals surface area contributed by atoms with Gasteiger partial charge < -0.3 is 14.8 Å². The fraction of sp³-hybridized carbons (Fsp3) is 0.500. The molecule has 8 nitrogen and oxygen atoms in total. The van der Waals surface area contributed by atoms with E-state index in [1.165, 1.54) is 7.11 Å². The van der Waals surface area contributed by atoms with Crippen LogP contribution in [0.5, 0.6) is 5.75 Å². The first-order valence-corrected chi connectivity index (χ1v) is 10.4. The number of likely N-dealkylation sites (tertiary alicyclic amines) is 1. The molecule has 10 heteroatoms. The monoisotopic (exact) mass is 454 g/mol. The van der Waals surface area contributed by atoms with E-state index < -0.39 is 48.7 Å². The zero-order chi connectivity index (χ0) is 21.6. The Morgan fingerprint density at radius 2 is 1.70 bits per heavy atom. The van der Waals surface area contributed by atoms with E-state index in [2.05, 4.69) is 5.32 Å². The molecule has 1 aliphatic heterocycles. The van der Waals surface area contributed by atoms with Gasteiger partial charge in [-0.15, -0.1) is 23.2 Å². The van der Waals surface area contributed by atoms with E-state index in [4.69, 9.17) is 32.7 Å². The summed E-state index contributed by atoms with van der Waals surface area (Å²) in [6.45, 7) is -1.09. The Hall–Kier alpha value is -2.32. The molecule has 2 bridgehead atoms. The summed E-state index contributed by atoms with van der Waals surface area (Å²) in [5, 5.41) is 1.85. The highest BCUT2D eigenvalue weighted by molar-refractivity contribution is 6.31. The van der Waals surface area contributed by atoms with Crippen molar-refractivity contribution in [2.75, 3.05) is 25.6 Å². The molecule has 2 saturated carbocycles. The van der Waals surface area contributed by atoms with Crippen molar-refractivity contribution in [2.45, 2.75) is 17.2 Å². The van der Waals surface area contributed by atoms with Crippen molar-refractivity contribution in [3.05, 3.63) is 24.3 Å². The van der Waals surface area contributed by atoms with Gasteiger partial charge in [-0.05, 0) is 30.4 Å². The number of hydrogen-bond acceptors (Lipinski definition) is 6. The molecule has 160 valence electrons. The highest BCUT2D eigenvalue weighted by atomic mass is 35.5. The van der Waals surface area contributed by atoms with Crippen LogP contribution in [0.25, 0.3) is 0 Å². The molecule has 1 saturated heterocycles. The van der Waals surface area contributed by atoms with Crippen molar-refractivity contribution in [3.63, 3.8) is 0 Å². The topological polar surface area (TPSA) is 102 Å². The van der Waals surface area contributed by atoms with Gasteiger partial charge in [-0.3, -0.25) is 24.1 Å². The van der Waals surface area contributed by atoms with Gasteiger partial charge in [0.15, 0.2) is 6.61 Å². The predicted molar refractivity (Wildman–Crippen MR) is 107 cm³/mol. The zero-order valence-electron chi connectivity index (χ0n) is 16.0. The van der Waals surface area contributed by atoms with Crippen LogP contribution >= 0.6 is 23.2 Å². The van der Waals surface area contributed by atoms with Crippen LogP contribution in [0.4, 0.5) is 5.69 Å². The smallest absolute Gasteiger partial charge is 0.326 e. The number of methoxy groups -OCH3 is 1. The molecule has 3 fully saturated rings. The van der Waals surface area contributed by atoms with Gasteiger partial charge in [-0.1, -0.05) is 12.1 Å². The maximum atomic E-state index is 12.7. The third-order valence-electron chi connectivity index (χ3n) is 6.11. The lowest BCUT2D eigenvalue weighted by Crippen LogP contribution is -2.38. The van der Waals surface area contributed by atoms with Gasteiger partial charge in [0, 0.05) is 0 Å². The number of fused-ring (bicyclic) bond motifs is 5. The number of alkyl halides is 2. The minimum atomic E-state index is -0.843. The van der Waals surface area contributed by atoms with E-state index in [0.717, 1.165) is 4.90 Å². The lowest BCUT2D eigenvalue weighted by molar-refractivity contribution is -0.154. The Bertz CT molecular complexity index is 877. The van der Waals surface area contributed by atoms with Crippen molar-refractivity contribution in [2.24, 2.45) is 23.7 Å². The molecule has 1 aromatic carbocycles. The first-order valence-electron chi connectivity index (χ1n) is 9.55. The molecule has 1 N–H and O–H groups in total. The van der Waals surface area contributed by atoms with Gasteiger partial charge in [0.2, 0.25) is 11.8 Å². The Kier molecular flexibility index (Phi) is 5.63. The standard InChI is InChI=1S/C20H20Cl2N2O6/c1-29-12-5-3-2-4-11(12)23-13(25)8-30-14(26)7-24-19(27)15-9-6-10(16(15)20(24)28)18(22)17(9)21/h2-5,9-10,15-18H,6-8H2,1H3,(H,23,25)/t9-,10-,15-,16+,17+,18+/m1/s1. The summed E-state index contributed by atoms with van der Waals surface area (Å²) < 4.78 is 10.1. The van der Waals surface area contributed by atoms with Gasteiger partial charge in [-0.2, -0.15) is 0 Å². The van der Waals surface area contributed by atoms with Crippen molar-refractivity contribution in [3.8, 4) is 5.75 Å². The van der Waals surface area contributed by atoms with Gasteiger partial charge >= 0.3 is 5.97 Å². The summed E-state index contributed by atoms with van der Waals surface area (Å²) in [6, 6.07) is 6.78. The highest BCUT2D eigenvalue weighted by Crippen LogP contribution is 2.59. The molecular weight excluding hydrogens is 435 g/mol. The SMILES string of the molecule is COc1ccccc1NC(=O)COC(=O)CN1C(=O)[C@@H]2[C@H]3C[C@@H]([C@H](Cl)[C@H]3Cl)[C@@H]2C1=O. The summed E-state index contributed by atoms with van der Waals surface area (Å²) in [4.78, 5) is 50.6. The molecule has 0 radical (unpaired) electrons. The van der Waals surface area contributed by atoms with Crippen LogP contribution in [-0.2, 0) is 23.9 Å². The summed E-state index contributed by atoms with van der Waals surface area (Å²) in [5.74, 6) is -3.16. The fourth-order valence-electron chi connectivity index (χ4n) is 4.82. The van der Waals surface area contributed by atoms with Crippen molar-refractivity contribution < 1.29 is 28.7 Å². The van der Waals surface area contributed by atoms with Gasteiger partial charge in [0.1, 0.15) is 12.3 Å². The highest BCUT2D eigenvalue weighted by Gasteiger charge is 2.66. The minimum Gasteiger partial charge on any atom is -0.495 e. The van der Waals surface area contributed by atoms with Gasteiger partial charge in [0.25, 0.3) is 5.91 Å². The molecule has 1 aromatic rings. The van der Waals surface area contributed by atoms with E-state index in [1.54, 1.807) is 24.3 Å². The second-order valence-electron chi connectivity index (χ2n) is 7.68. The van der Waals surface area contributed by atoms with Gasteiger partial charge in [-0.25, -0.2) is 0 Å². The number of hydrogen-bond donors (Lipinski definition) is 1. The minimum absolute atomic E-state index is 0.159. The van der Waals surface area contributed by atoms with E-state index in [1.807, 2.05) is 0 Å². The van der Waals surface area contributed by atoms with Gasteiger partial charge in [0.05, 0.1) is 35.4 Å². The molecule has 1 heterocycles. The number of para-hydroxylation sites is 2. The number of ether oxygens (including phenoxy) is 2. The Morgan fingerprint density at radius 3 is 2.30 bits per heavy atom.